The first kappa shape index (κ1) is 16.1. The number of aliphatic hydroxyl groups excluding tert-OH is 1. The van der Waals surface area contributed by atoms with E-state index in [2.05, 4.69) is 0 Å². The molecule has 1 heterocycles. The summed E-state index contributed by atoms with van der Waals surface area (Å²) < 4.78 is 31.4. The minimum absolute atomic E-state index is 0.0482. The van der Waals surface area contributed by atoms with Gasteiger partial charge in [0.05, 0.1) is 35.8 Å². The smallest absolute Gasteiger partial charge is 0.270 e. The molecule has 1 unspecified atom stereocenters. The van der Waals surface area contributed by atoms with Crippen LogP contribution in [0.15, 0.2) is 23.1 Å². The Hall–Kier alpha value is -1.26. The van der Waals surface area contributed by atoms with E-state index in [1.54, 1.807) is 0 Å². The van der Waals surface area contributed by atoms with Gasteiger partial charge >= 0.3 is 0 Å². The lowest BCUT2D eigenvalue weighted by molar-refractivity contribution is -0.385. The van der Waals surface area contributed by atoms with Gasteiger partial charge in [-0.15, -0.1) is 0 Å². The average Bonchev–Trinajstić information content (AvgIpc) is 2.47. The number of morpholine rings is 1. The van der Waals surface area contributed by atoms with E-state index >= 15 is 0 Å². The number of nitrogens with zero attached hydrogens (tertiary/aromatic N) is 2. The molecular weight excluding hydrogens is 324 g/mol. The van der Waals surface area contributed by atoms with Gasteiger partial charge in [-0.2, -0.15) is 4.31 Å². The molecule has 1 aromatic rings. The third-order valence-electron chi connectivity index (χ3n) is 3.10. The highest BCUT2D eigenvalue weighted by Crippen LogP contribution is 2.30. The highest BCUT2D eigenvalue weighted by Gasteiger charge is 2.35. The Bertz CT molecular complexity index is 650. The molecule has 1 aliphatic rings. The Kier molecular flexibility index (Phi) is 4.79. The Morgan fingerprint density at radius 2 is 2.24 bits per heavy atom. The molecule has 2 rings (SSSR count). The minimum Gasteiger partial charge on any atom is -0.395 e. The van der Waals surface area contributed by atoms with Gasteiger partial charge in [0.2, 0.25) is 10.0 Å². The quantitative estimate of drug-likeness (QED) is 0.638. The summed E-state index contributed by atoms with van der Waals surface area (Å²) >= 11 is 5.87. The van der Waals surface area contributed by atoms with Gasteiger partial charge < -0.3 is 9.84 Å². The van der Waals surface area contributed by atoms with Crippen molar-refractivity contribution >= 4 is 27.3 Å². The maximum atomic E-state index is 12.6. The van der Waals surface area contributed by atoms with Crippen LogP contribution in [0.25, 0.3) is 0 Å². The zero-order valence-corrected chi connectivity index (χ0v) is 12.4. The van der Waals surface area contributed by atoms with Crippen LogP contribution in [-0.2, 0) is 14.8 Å². The monoisotopic (exact) mass is 336 g/mol. The number of sulfonamides is 1. The van der Waals surface area contributed by atoms with Gasteiger partial charge in [-0.25, -0.2) is 8.42 Å². The van der Waals surface area contributed by atoms with Gasteiger partial charge in [0, 0.05) is 18.7 Å². The standard InChI is InChI=1S/C11H13ClN2O6S/c12-10-2-1-8(14(16)17)5-11(10)21(18,19)13-3-4-20-7-9(13)6-15/h1-2,5,9,15H,3-4,6-7H2. The van der Waals surface area contributed by atoms with Crippen molar-refractivity contribution in [2.24, 2.45) is 0 Å². The van der Waals surface area contributed by atoms with Gasteiger partial charge in [-0.3, -0.25) is 10.1 Å². The van der Waals surface area contributed by atoms with E-state index < -0.39 is 27.6 Å². The van der Waals surface area contributed by atoms with E-state index in [1.165, 1.54) is 6.07 Å². The highest BCUT2D eigenvalue weighted by molar-refractivity contribution is 7.89. The van der Waals surface area contributed by atoms with E-state index in [1.807, 2.05) is 0 Å². The van der Waals surface area contributed by atoms with E-state index in [0.29, 0.717) is 0 Å². The molecule has 10 heteroatoms. The molecule has 0 amide bonds. The number of halogens is 1. The van der Waals surface area contributed by atoms with Gasteiger partial charge in [0.1, 0.15) is 4.90 Å². The van der Waals surface area contributed by atoms with Crippen molar-refractivity contribution in [2.45, 2.75) is 10.9 Å². The first-order valence-electron chi connectivity index (χ1n) is 6.02. The van der Waals surface area contributed by atoms with Crippen molar-refractivity contribution < 1.29 is 23.2 Å². The fourth-order valence-electron chi connectivity index (χ4n) is 2.03. The minimum atomic E-state index is -4.05. The second-order valence-electron chi connectivity index (χ2n) is 4.40. The van der Waals surface area contributed by atoms with Crippen LogP contribution in [0.2, 0.25) is 5.02 Å². The lowest BCUT2D eigenvalue weighted by Crippen LogP contribution is -2.50. The largest absolute Gasteiger partial charge is 0.395 e. The van der Waals surface area contributed by atoms with Crippen LogP contribution < -0.4 is 0 Å². The van der Waals surface area contributed by atoms with Crippen molar-refractivity contribution in [1.82, 2.24) is 4.31 Å². The lowest BCUT2D eigenvalue weighted by Gasteiger charge is -2.33. The maximum absolute atomic E-state index is 12.6. The van der Waals surface area contributed by atoms with Crippen molar-refractivity contribution in [3.8, 4) is 0 Å². The average molecular weight is 337 g/mol. The summed E-state index contributed by atoms with van der Waals surface area (Å²) in [5, 5.41) is 19.9. The molecule has 21 heavy (non-hydrogen) atoms. The molecule has 0 bridgehead atoms. The van der Waals surface area contributed by atoms with E-state index in [-0.39, 0.29) is 35.4 Å². The van der Waals surface area contributed by atoms with Crippen molar-refractivity contribution in [3.63, 3.8) is 0 Å². The van der Waals surface area contributed by atoms with Crippen molar-refractivity contribution in [1.29, 1.82) is 0 Å². The first-order chi connectivity index (χ1) is 9.87. The topological polar surface area (TPSA) is 110 Å². The fourth-order valence-corrected chi connectivity index (χ4v) is 4.11. The number of nitro groups is 1. The van der Waals surface area contributed by atoms with Crippen LogP contribution >= 0.6 is 11.6 Å². The van der Waals surface area contributed by atoms with Crippen molar-refractivity contribution in [2.75, 3.05) is 26.4 Å². The molecule has 1 fully saturated rings. The summed E-state index contributed by atoms with van der Waals surface area (Å²) in [7, 11) is -4.05. The Morgan fingerprint density at radius 3 is 2.86 bits per heavy atom. The van der Waals surface area contributed by atoms with Gasteiger partial charge in [0.15, 0.2) is 0 Å². The number of aliphatic hydroxyl groups is 1. The SMILES string of the molecule is O=[N+]([O-])c1ccc(Cl)c(S(=O)(=O)N2CCOCC2CO)c1. The second kappa shape index (κ2) is 6.24. The maximum Gasteiger partial charge on any atom is 0.270 e. The summed E-state index contributed by atoms with van der Waals surface area (Å²) in [6.07, 6.45) is 0. The molecule has 1 aromatic carbocycles. The van der Waals surface area contributed by atoms with Gasteiger partial charge in [-0.05, 0) is 6.07 Å². The van der Waals surface area contributed by atoms with Gasteiger partial charge in [0.25, 0.3) is 5.69 Å². The summed E-state index contributed by atoms with van der Waals surface area (Å²) in [5.41, 5.74) is -0.369. The van der Waals surface area contributed by atoms with E-state index in [9.17, 15) is 23.6 Å². The number of rotatable bonds is 4. The summed E-state index contributed by atoms with van der Waals surface area (Å²) in [6.45, 7) is -0.122. The van der Waals surface area contributed by atoms with Crippen LogP contribution in [0.5, 0.6) is 0 Å². The third kappa shape index (κ3) is 3.16. The molecule has 1 atom stereocenters. The van der Waals surface area contributed by atoms with E-state index in [0.717, 1.165) is 16.4 Å². The Balaban J connectivity index is 2.47. The molecule has 1 N–H and O–H groups in total. The summed E-state index contributed by atoms with van der Waals surface area (Å²) in [4.78, 5) is 9.74. The fraction of sp³-hybridized carbons (Fsp3) is 0.455. The molecule has 0 aromatic heterocycles. The molecule has 1 saturated heterocycles. The van der Waals surface area contributed by atoms with Crippen LogP contribution in [0, 0.1) is 10.1 Å². The normalized spacial score (nSPS) is 20.4. The van der Waals surface area contributed by atoms with Crippen LogP contribution in [0.3, 0.4) is 0 Å². The number of non-ortho nitro benzene ring substituents is 1. The van der Waals surface area contributed by atoms with Crippen LogP contribution in [0.1, 0.15) is 0 Å². The zero-order valence-electron chi connectivity index (χ0n) is 10.8. The predicted octanol–water partition coefficient (Wildman–Crippen LogP) is 0.630. The third-order valence-corrected chi connectivity index (χ3v) is 5.53. The molecule has 0 radical (unpaired) electrons. The number of nitro benzene ring substituents is 1. The first-order valence-corrected chi connectivity index (χ1v) is 7.84. The van der Waals surface area contributed by atoms with Crippen molar-refractivity contribution in [3.05, 3.63) is 33.3 Å². The zero-order chi connectivity index (χ0) is 15.6. The molecule has 1 aliphatic heterocycles. The predicted molar refractivity (Wildman–Crippen MR) is 73.7 cm³/mol. The number of benzene rings is 1. The van der Waals surface area contributed by atoms with E-state index in [4.69, 9.17) is 16.3 Å². The molecule has 8 nitrogen and oxygen atoms in total. The highest BCUT2D eigenvalue weighted by atomic mass is 35.5. The molecule has 0 spiro atoms. The number of ether oxygens (including phenoxy) is 1. The Morgan fingerprint density at radius 1 is 1.52 bits per heavy atom. The number of hydrogen-bond donors (Lipinski definition) is 1. The summed E-state index contributed by atoms with van der Waals surface area (Å²) in [5.74, 6) is 0. The molecule has 116 valence electrons. The van der Waals surface area contributed by atoms with Crippen LogP contribution in [0.4, 0.5) is 5.69 Å². The lowest BCUT2D eigenvalue weighted by atomic mass is 10.3. The summed E-state index contributed by atoms with van der Waals surface area (Å²) in [6, 6.07) is 2.48. The molecule has 0 aliphatic carbocycles. The molecular formula is C11H13ClN2O6S. The number of hydrogen-bond acceptors (Lipinski definition) is 6. The van der Waals surface area contributed by atoms with Gasteiger partial charge in [-0.1, -0.05) is 11.6 Å². The second-order valence-corrected chi connectivity index (χ2v) is 6.67. The Labute approximate surface area is 126 Å². The van der Waals surface area contributed by atoms with Crippen LogP contribution in [-0.4, -0.2) is 55.2 Å². The molecule has 0 saturated carbocycles.